The third-order valence-corrected chi connectivity index (χ3v) is 13.1. The number of hydrogen-bond donors (Lipinski definition) is 0. The van der Waals surface area contributed by atoms with Crippen molar-refractivity contribution >= 4 is 56.1 Å². The van der Waals surface area contributed by atoms with Gasteiger partial charge in [-0.05, 0) is 123 Å². The topological polar surface area (TPSA) is 19.6 Å². The lowest BCUT2D eigenvalue weighted by atomic mass is 9.99. The summed E-state index contributed by atoms with van der Waals surface area (Å²) in [6.45, 7) is 0. The molecule has 0 atom stereocenters. The molecule has 11 aromatic carbocycles. The molecule has 0 N–H and O–H groups in total. The Kier molecular flexibility index (Phi) is 10.9. The highest BCUT2D eigenvalue weighted by molar-refractivity contribution is 6.10. The molecule has 1 heterocycles. The number of rotatable bonds is 11. The zero-order valence-corrected chi connectivity index (χ0v) is 37.9. The summed E-state index contributed by atoms with van der Waals surface area (Å²) >= 11 is 0. The van der Waals surface area contributed by atoms with Crippen LogP contribution in [0.15, 0.2) is 283 Å². The molecule has 0 saturated heterocycles. The number of benzene rings is 11. The van der Waals surface area contributed by atoms with Gasteiger partial charge in [0.15, 0.2) is 0 Å². The van der Waals surface area contributed by atoms with Crippen LogP contribution in [-0.2, 0) is 0 Å². The van der Waals surface area contributed by atoms with Crippen molar-refractivity contribution in [2.45, 2.75) is 0 Å². The monoisotopic (exact) mass is 882 g/mol. The Bertz CT molecular complexity index is 3310. The Labute approximate surface area is 403 Å². The first kappa shape index (κ1) is 41.3. The summed E-state index contributed by atoms with van der Waals surface area (Å²) in [6.07, 6.45) is 0. The number of hydrogen-bond acceptors (Lipinski definition) is 3. The van der Waals surface area contributed by atoms with Gasteiger partial charge in [-0.2, -0.15) is 0 Å². The number of nitrogens with zero attached hydrogens (tertiary/aromatic N) is 2. The molecule has 12 aromatic rings. The molecular formula is C66H46N2O. The van der Waals surface area contributed by atoms with Gasteiger partial charge in [-0.25, -0.2) is 0 Å². The summed E-state index contributed by atoms with van der Waals surface area (Å²) in [5, 5.41) is 2.19. The van der Waals surface area contributed by atoms with Crippen molar-refractivity contribution in [2.24, 2.45) is 0 Å². The third kappa shape index (κ3) is 8.24. The molecule has 0 saturated carbocycles. The molecule has 0 aliphatic carbocycles. The van der Waals surface area contributed by atoms with Crippen molar-refractivity contribution in [2.75, 3.05) is 9.80 Å². The van der Waals surface area contributed by atoms with Gasteiger partial charge in [0.2, 0.25) is 0 Å². The van der Waals surface area contributed by atoms with Crippen LogP contribution in [0.4, 0.5) is 34.1 Å². The molecule has 326 valence electrons. The van der Waals surface area contributed by atoms with E-state index in [1.165, 1.54) is 22.3 Å². The maximum atomic E-state index is 6.77. The SMILES string of the molecule is c1ccc(-c2ccc(N(c3ccc(-c4ccccc4)cc3)c3cc(-c4cccc5c4oc4ccccc45)cc(N(c4ccc(-c5ccccc5)cc4)c4ccc(-c5ccccc5)cc4)c3)cc2)cc1. The second-order valence-electron chi connectivity index (χ2n) is 17.3. The fourth-order valence-corrected chi connectivity index (χ4v) is 9.61. The summed E-state index contributed by atoms with van der Waals surface area (Å²) in [7, 11) is 0. The van der Waals surface area contributed by atoms with Crippen LogP contribution < -0.4 is 9.80 Å². The van der Waals surface area contributed by atoms with Crippen LogP contribution in [0.3, 0.4) is 0 Å². The van der Waals surface area contributed by atoms with E-state index in [9.17, 15) is 0 Å². The van der Waals surface area contributed by atoms with Crippen LogP contribution in [0, 0.1) is 0 Å². The second kappa shape index (κ2) is 18.2. The number of furan rings is 1. The van der Waals surface area contributed by atoms with Gasteiger partial charge >= 0.3 is 0 Å². The van der Waals surface area contributed by atoms with Gasteiger partial charge in [-0.1, -0.05) is 206 Å². The first-order chi connectivity index (χ1) is 34.2. The Morgan fingerprint density at radius 1 is 0.217 bits per heavy atom. The molecule has 0 unspecified atom stereocenters. The molecule has 0 aliphatic rings. The number of para-hydroxylation sites is 2. The van der Waals surface area contributed by atoms with Crippen molar-refractivity contribution in [1.82, 2.24) is 0 Å². The lowest BCUT2D eigenvalue weighted by Crippen LogP contribution is -2.13. The summed E-state index contributed by atoms with van der Waals surface area (Å²) in [4.78, 5) is 4.76. The highest BCUT2D eigenvalue weighted by Crippen LogP contribution is 2.46. The standard InChI is InChI=1S/C66H46N2O/c1-5-16-47(17-6-1)51-28-36-56(37-29-51)67(57-38-30-52(31-39-57)48-18-7-2-8-19-48)60-44-55(62-25-15-26-64-63-24-13-14-27-65(63)69-66(62)64)45-61(46-60)68(58-40-32-53(33-41-58)49-20-9-3-10-21-49)59-42-34-54(35-43-59)50-22-11-4-12-23-50/h1-46H. The van der Waals surface area contributed by atoms with Gasteiger partial charge in [-0.3, -0.25) is 0 Å². The van der Waals surface area contributed by atoms with Gasteiger partial charge in [0.1, 0.15) is 11.2 Å². The lowest BCUT2D eigenvalue weighted by molar-refractivity contribution is 0.670. The van der Waals surface area contributed by atoms with Crippen LogP contribution in [-0.4, -0.2) is 0 Å². The minimum Gasteiger partial charge on any atom is -0.455 e. The molecule has 12 rings (SSSR count). The fraction of sp³-hybridized carbons (Fsp3) is 0. The molecule has 3 nitrogen and oxygen atoms in total. The molecule has 0 amide bonds. The molecule has 3 heteroatoms. The lowest BCUT2D eigenvalue weighted by Gasteiger charge is -2.30. The van der Waals surface area contributed by atoms with Crippen molar-refractivity contribution < 1.29 is 4.42 Å². The molecule has 0 aliphatic heterocycles. The van der Waals surface area contributed by atoms with E-state index in [2.05, 4.69) is 283 Å². The van der Waals surface area contributed by atoms with E-state index in [-0.39, 0.29) is 0 Å². The van der Waals surface area contributed by atoms with Crippen molar-refractivity contribution in [3.8, 4) is 55.6 Å². The predicted molar refractivity (Wildman–Crippen MR) is 290 cm³/mol. The van der Waals surface area contributed by atoms with Crippen molar-refractivity contribution in [1.29, 1.82) is 0 Å². The van der Waals surface area contributed by atoms with E-state index in [1.807, 2.05) is 6.07 Å². The van der Waals surface area contributed by atoms with Crippen LogP contribution in [0.1, 0.15) is 0 Å². The maximum absolute atomic E-state index is 6.77. The molecule has 1 aromatic heterocycles. The average Bonchev–Trinajstić information content (AvgIpc) is 3.82. The van der Waals surface area contributed by atoms with Gasteiger partial charge in [0.25, 0.3) is 0 Å². The largest absolute Gasteiger partial charge is 0.455 e. The fourth-order valence-electron chi connectivity index (χ4n) is 9.61. The highest BCUT2D eigenvalue weighted by atomic mass is 16.3. The quantitative estimate of drug-likeness (QED) is 0.129. The normalized spacial score (nSPS) is 11.2. The molecule has 0 fully saturated rings. The van der Waals surface area contributed by atoms with Crippen molar-refractivity contribution in [3.63, 3.8) is 0 Å². The minimum atomic E-state index is 0.860. The molecule has 0 spiro atoms. The van der Waals surface area contributed by atoms with Gasteiger partial charge < -0.3 is 14.2 Å². The molecule has 0 radical (unpaired) electrons. The van der Waals surface area contributed by atoms with E-state index < -0.39 is 0 Å². The second-order valence-corrected chi connectivity index (χ2v) is 17.3. The maximum Gasteiger partial charge on any atom is 0.143 e. The summed E-state index contributed by atoms with van der Waals surface area (Å²) in [5.74, 6) is 0. The number of anilines is 6. The van der Waals surface area contributed by atoms with Gasteiger partial charge in [-0.15, -0.1) is 0 Å². The van der Waals surface area contributed by atoms with E-state index >= 15 is 0 Å². The van der Waals surface area contributed by atoms with Crippen LogP contribution >= 0.6 is 0 Å². The zero-order valence-electron chi connectivity index (χ0n) is 37.9. The first-order valence-corrected chi connectivity index (χ1v) is 23.5. The number of fused-ring (bicyclic) bond motifs is 3. The van der Waals surface area contributed by atoms with E-state index in [4.69, 9.17) is 4.42 Å². The Morgan fingerprint density at radius 3 is 0.913 bits per heavy atom. The van der Waals surface area contributed by atoms with E-state index in [0.717, 1.165) is 89.4 Å². The predicted octanol–water partition coefficient (Wildman–Crippen LogP) is 18.9. The van der Waals surface area contributed by atoms with Crippen LogP contribution in [0.5, 0.6) is 0 Å². The molecule has 69 heavy (non-hydrogen) atoms. The molecule has 0 bridgehead atoms. The zero-order chi connectivity index (χ0) is 45.9. The van der Waals surface area contributed by atoms with E-state index in [0.29, 0.717) is 0 Å². The average molecular weight is 883 g/mol. The van der Waals surface area contributed by atoms with Gasteiger partial charge in [0, 0.05) is 50.5 Å². The summed E-state index contributed by atoms with van der Waals surface area (Å²) < 4.78 is 6.77. The summed E-state index contributed by atoms with van der Waals surface area (Å²) in [5.41, 5.74) is 19.3. The Morgan fingerprint density at radius 2 is 0.536 bits per heavy atom. The minimum absolute atomic E-state index is 0.860. The third-order valence-electron chi connectivity index (χ3n) is 13.1. The van der Waals surface area contributed by atoms with Crippen LogP contribution in [0.25, 0.3) is 77.6 Å². The van der Waals surface area contributed by atoms with Gasteiger partial charge in [0.05, 0.1) is 0 Å². The highest BCUT2D eigenvalue weighted by Gasteiger charge is 2.22. The molecular weight excluding hydrogens is 837 g/mol. The van der Waals surface area contributed by atoms with Crippen LogP contribution in [0.2, 0.25) is 0 Å². The Balaban J connectivity index is 1.09. The van der Waals surface area contributed by atoms with Crippen molar-refractivity contribution in [3.05, 3.63) is 279 Å². The first-order valence-electron chi connectivity index (χ1n) is 23.5. The van der Waals surface area contributed by atoms with E-state index in [1.54, 1.807) is 0 Å². The summed E-state index contributed by atoms with van der Waals surface area (Å²) in [6, 6.07) is 99.8. The smallest absolute Gasteiger partial charge is 0.143 e. The Hall–Kier alpha value is -9.18.